The third-order valence-electron chi connectivity index (χ3n) is 2.65. The average molecular weight is 260 g/mol. The highest BCUT2D eigenvalue weighted by Gasteiger charge is 2.15. The van der Waals surface area contributed by atoms with Crippen LogP contribution < -0.4 is 5.32 Å². The molecule has 3 rings (SSSR count). The third-order valence-corrected chi connectivity index (χ3v) is 3.55. The van der Waals surface area contributed by atoms with Crippen molar-refractivity contribution >= 4 is 28.5 Å². The number of carbonyl (C=O) groups is 1. The van der Waals surface area contributed by atoms with E-state index in [1.807, 2.05) is 29.7 Å². The summed E-state index contributed by atoms with van der Waals surface area (Å²) in [4.78, 5) is 20.5. The van der Waals surface area contributed by atoms with E-state index in [1.165, 1.54) is 0 Å². The summed E-state index contributed by atoms with van der Waals surface area (Å²) in [6, 6.07) is 3.92. The van der Waals surface area contributed by atoms with Gasteiger partial charge >= 0.3 is 0 Å². The van der Waals surface area contributed by atoms with Gasteiger partial charge in [0, 0.05) is 18.1 Å². The van der Waals surface area contributed by atoms with E-state index in [4.69, 9.17) is 0 Å². The summed E-state index contributed by atoms with van der Waals surface area (Å²) >= 11 is 1.56. The maximum Gasteiger partial charge on any atom is 0.277 e. The number of rotatable bonds is 1. The predicted octanol–water partition coefficient (Wildman–Crippen LogP) is 1.48. The topological polar surface area (TPSA) is 58.8 Å². The van der Waals surface area contributed by atoms with Crippen molar-refractivity contribution in [2.75, 3.05) is 12.3 Å². The smallest absolute Gasteiger partial charge is 0.277 e. The zero-order valence-corrected chi connectivity index (χ0v) is 10.7. The number of hydrogen-bond acceptors (Lipinski definition) is 4. The Balaban J connectivity index is 1.87. The van der Waals surface area contributed by atoms with Crippen LogP contribution in [0, 0.1) is 6.92 Å². The van der Waals surface area contributed by atoms with Crippen molar-refractivity contribution in [2.45, 2.75) is 6.92 Å². The van der Waals surface area contributed by atoms with Gasteiger partial charge < -0.3 is 4.40 Å². The van der Waals surface area contributed by atoms with Gasteiger partial charge in [0.25, 0.3) is 5.91 Å². The number of fused-ring (bicyclic) bond motifs is 1. The zero-order chi connectivity index (χ0) is 12.5. The molecular weight excluding hydrogens is 248 g/mol. The first-order valence-electron chi connectivity index (χ1n) is 5.66. The standard InChI is InChI=1S/C12H12N4OS/c1-8-2-4-16-7-9(14-10(16)6-8)11(17)15-12-13-3-5-18-12/h2,4,6-7H,3,5H2,1H3,(H,13,15,17). The lowest BCUT2D eigenvalue weighted by Gasteiger charge is -1.99. The molecule has 92 valence electrons. The molecule has 1 aliphatic heterocycles. The Morgan fingerprint density at radius 1 is 1.56 bits per heavy atom. The van der Waals surface area contributed by atoms with Gasteiger partial charge in [-0.3, -0.25) is 15.1 Å². The van der Waals surface area contributed by atoms with Gasteiger partial charge in [0.15, 0.2) is 5.17 Å². The molecule has 0 bridgehead atoms. The minimum absolute atomic E-state index is 0.204. The highest BCUT2D eigenvalue weighted by molar-refractivity contribution is 8.14. The van der Waals surface area contributed by atoms with Crippen molar-refractivity contribution < 1.29 is 4.79 Å². The largest absolute Gasteiger partial charge is 0.306 e. The number of hydrogen-bond donors (Lipinski definition) is 1. The van der Waals surface area contributed by atoms with Crippen LogP contribution in [-0.2, 0) is 0 Å². The quantitative estimate of drug-likeness (QED) is 0.844. The van der Waals surface area contributed by atoms with Crippen molar-refractivity contribution in [3.05, 3.63) is 35.8 Å². The lowest BCUT2D eigenvalue weighted by molar-refractivity contribution is 0.0973. The number of thioether (sulfide) groups is 1. The Hall–Kier alpha value is -1.82. The fourth-order valence-electron chi connectivity index (χ4n) is 1.77. The van der Waals surface area contributed by atoms with Crippen LogP contribution in [0.2, 0.25) is 0 Å². The van der Waals surface area contributed by atoms with Crippen molar-refractivity contribution in [1.82, 2.24) is 14.7 Å². The first-order chi connectivity index (χ1) is 8.72. The molecule has 18 heavy (non-hydrogen) atoms. The number of nitrogens with one attached hydrogen (secondary N) is 1. The molecule has 1 amide bonds. The van der Waals surface area contributed by atoms with Gasteiger partial charge in [0.05, 0.1) is 6.54 Å². The molecule has 3 heterocycles. The second-order valence-electron chi connectivity index (χ2n) is 4.09. The summed E-state index contributed by atoms with van der Waals surface area (Å²) < 4.78 is 1.84. The number of imidazole rings is 1. The van der Waals surface area contributed by atoms with Crippen molar-refractivity contribution in [2.24, 2.45) is 4.99 Å². The van der Waals surface area contributed by atoms with E-state index in [2.05, 4.69) is 15.3 Å². The number of aryl methyl sites for hydroxylation is 1. The predicted molar refractivity (Wildman–Crippen MR) is 72.2 cm³/mol. The van der Waals surface area contributed by atoms with E-state index in [0.717, 1.165) is 23.5 Å². The van der Waals surface area contributed by atoms with E-state index in [9.17, 15) is 4.79 Å². The van der Waals surface area contributed by atoms with Gasteiger partial charge in [-0.25, -0.2) is 4.98 Å². The second-order valence-corrected chi connectivity index (χ2v) is 5.17. The molecule has 0 fully saturated rings. The van der Waals surface area contributed by atoms with Crippen LogP contribution in [0.1, 0.15) is 16.1 Å². The molecule has 1 N–H and O–H groups in total. The normalized spacial score (nSPS) is 14.8. The molecule has 0 aromatic carbocycles. The van der Waals surface area contributed by atoms with E-state index in [-0.39, 0.29) is 5.91 Å². The van der Waals surface area contributed by atoms with Gasteiger partial charge in [-0.1, -0.05) is 11.8 Å². The van der Waals surface area contributed by atoms with Gasteiger partial charge in [-0.15, -0.1) is 0 Å². The van der Waals surface area contributed by atoms with Crippen LogP contribution in [0.4, 0.5) is 0 Å². The summed E-state index contributed by atoms with van der Waals surface area (Å²) in [5, 5.41) is 3.46. The highest BCUT2D eigenvalue weighted by Crippen LogP contribution is 2.11. The number of amidine groups is 1. The van der Waals surface area contributed by atoms with Crippen LogP contribution in [0.3, 0.4) is 0 Å². The van der Waals surface area contributed by atoms with Crippen LogP contribution >= 0.6 is 11.8 Å². The minimum atomic E-state index is -0.204. The lowest BCUT2D eigenvalue weighted by Crippen LogP contribution is -2.27. The van der Waals surface area contributed by atoms with Gasteiger partial charge in [0.1, 0.15) is 11.3 Å². The number of nitrogens with zero attached hydrogens (tertiary/aromatic N) is 3. The third kappa shape index (κ3) is 2.11. The van der Waals surface area contributed by atoms with Crippen LogP contribution in [-0.4, -0.2) is 32.8 Å². The van der Waals surface area contributed by atoms with Gasteiger partial charge in [-0.05, 0) is 24.6 Å². The SMILES string of the molecule is Cc1ccn2cc(C(=O)NC3=NCCS3)nc2c1. The molecule has 2 aromatic rings. The molecule has 6 heteroatoms. The van der Waals surface area contributed by atoms with E-state index >= 15 is 0 Å². The number of aromatic nitrogens is 2. The van der Waals surface area contributed by atoms with Crippen LogP contribution in [0.5, 0.6) is 0 Å². The zero-order valence-electron chi connectivity index (χ0n) is 9.88. The Labute approximate surface area is 108 Å². The van der Waals surface area contributed by atoms with E-state index in [0.29, 0.717) is 10.9 Å². The molecule has 0 unspecified atom stereocenters. The number of pyridine rings is 1. The summed E-state index contributed by atoms with van der Waals surface area (Å²) in [5.74, 6) is 0.726. The first kappa shape index (κ1) is 11.3. The molecular formula is C12H12N4OS. The van der Waals surface area contributed by atoms with Crippen LogP contribution in [0.25, 0.3) is 5.65 Å². The summed E-state index contributed by atoms with van der Waals surface area (Å²) in [5.41, 5.74) is 2.31. The lowest BCUT2D eigenvalue weighted by atomic mass is 10.3. The van der Waals surface area contributed by atoms with Gasteiger partial charge in [-0.2, -0.15) is 0 Å². The Kier molecular flexibility index (Phi) is 2.79. The second kappa shape index (κ2) is 4.45. The Morgan fingerprint density at radius 3 is 3.22 bits per heavy atom. The summed E-state index contributed by atoms with van der Waals surface area (Å²) in [6.07, 6.45) is 3.63. The molecule has 5 nitrogen and oxygen atoms in total. The first-order valence-corrected chi connectivity index (χ1v) is 6.65. The Bertz CT molecular complexity index is 647. The maximum absolute atomic E-state index is 12.0. The van der Waals surface area contributed by atoms with Crippen molar-refractivity contribution in [3.8, 4) is 0 Å². The van der Waals surface area contributed by atoms with Crippen LogP contribution in [0.15, 0.2) is 29.5 Å². The van der Waals surface area contributed by atoms with Crippen molar-refractivity contribution in [1.29, 1.82) is 0 Å². The maximum atomic E-state index is 12.0. The number of aliphatic imine (C=N–C) groups is 1. The Morgan fingerprint density at radius 2 is 2.44 bits per heavy atom. The highest BCUT2D eigenvalue weighted by atomic mass is 32.2. The molecule has 0 atom stereocenters. The van der Waals surface area contributed by atoms with Crippen molar-refractivity contribution in [3.63, 3.8) is 0 Å². The summed E-state index contributed by atoms with van der Waals surface area (Å²) in [7, 11) is 0. The van der Waals surface area contributed by atoms with Gasteiger partial charge in [0.2, 0.25) is 0 Å². The summed E-state index contributed by atoms with van der Waals surface area (Å²) in [6.45, 7) is 2.77. The molecule has 0 aliphatic carbocycles. The molecule has 0 saturated carbocycles. The number of amides is 1. The fraction of sp³-hybridized carbons (Fsp3) is 0.250. The molecule has 0 spiro atoms. The monoisotopic (exact) mass is 260 g/mol. The number of carbonyl (C=O) groups excluding carboxylic acids is 1. The average Bonchev–Trinajstić information content (AvgIpc) is 2.96. The minimum Gasteiger partial charge on any atom is -0.306 e. The van der Waals surface area contributed by atoms with E-state index in [1.54, 1.807) is 18.0 Å². The molecule has 1 aliphatic rings. The fourth-order valence-corrected chi connectivity index (χ4v) is 2.49. The van der Waals surface area contributed by atoms with E-state index < -0.39 is 0 Å². The molecule has 2 aromatic heterocycles. The molecule has 0 saturated heterocycles. The molecule has 0 radical (unpaired) electrons.